The topological polar surface area (TPSA) is 41.1 Å². The van der Waals surface area contributed by atoms with Crippen LogP contribution in [0.15, 0.2) is 66.7 Å². The summed E-state index contributed by atoms with van der Waals surface area (Å²) in [6, 6.07) is 18.4. The van der Waals surface area contributed by atoms with Crippen LogP contribution in [-0.4, -0.2) is 23.6 Å². The molecule has 34 heavy (non-hydrogen) atoms. The average molecular weight is 528 g/mol. The third kappa shape index (κ3) is 5.47. The molecule has 2 aliphatic heterocycles. The van der Waals surface area contributed by atoms with Gasteiger partial charge in [-0.2, -0.15) is 0 Å². The standard InChI is InChI=1S/C27H27F2N3O.BrH/c28-22-6-4-19(5-7-22)16-20-12-14-32(15-13-20)17-21-2-1-3-26(25(21)18-32)31-27(33)30-24-10-8-23(29)9-11-24;/h1-11,20H,12-18H2,(H-,30,31,33);1H. The van der Waals surface area contributed by atoms with Crippen LogP contribution in [0.5, 0.6) is 0 Å². The molecule has 2 amide bonds. The Morgan fingerprint density at radius 1 is 0.853 bits per heavy atom. The minimum absolute atomic E-state index is 0. The number of anilines is 2. The van der Waals surface area contributed by atoms with Crippen molar-refractivity contribution in [1.29, 1.82) is 0 Å². The fraction of sp³-hybridized carbons (Fsp3) is 0.296. The van der Waals surface area contributed by atoms with E-state index in [1.54, 1.807) is 24.3 Å². The molecule has 0 unspecified atom stereocenters. The molecule has 0 aliphatic carbocycles. The largest absolute Gasteiger partial charge is 1.00 e. The molecule has 0 aromatic heterocycles. The highest BCUT2D eigenvalue weighted by Crippen LogP contribution is 2.39. The molecular weight excluding hydrogens is 500 g/mol. The van der Waals surface area contributed by atoms with Crippen molar-refractivity contribution in [3.05, 3.63) is 95.1 Å². The van der Waals surface area contributed by atoms with Gasteiger partial charge in [0.05, 0.1) is 18.8 Å². The summed E-state index contributed by atoms with van der Waals surface area (Å²) in [5.41, 5.74) is 5.11. The molecule has 178 valence electrons. The Balaban J connectivity index is 0.00000274. The number of urea groups is 1. The number of carbonyl (C=O) groups excluding carboxylic acids is 1. The first-order valence-electron chi connectivity index (χ1n) is 11.5. The van der Waals surface area contributed by atoms with Crippen molar-refractivity contribution in [3.8, 4) is 0 Å². The van der Waals surface area contributed by atoms with Gasteiger partial charge in [-0.1, -0.05) is 24.3 Å². The molecule has 0 radical (unpaired) electrons. The number of piperidine rings is 1. The summed E-state index contributed by atoms with van der Waals surface area (Å²) in [5, 5.41) is 5.76. The zero-order chi connectivity index (χ0) is 22.8. The van der Waals surface area contributed by atoms with Crippen molar-refractivity contribution in [3.63, 3.8) is 0 Å². The van der Waals surface area contributed by atoms with Crippen molar-refractivity contribution in [2.24, 2.45) is 5.92 Å². The summed E-state index contributed by atoms with van der Waals surface area (Å²) < 4.78 is 27.3. The number of rotatable bonds is 4. The Labute approximate surface area is 209 Å². The van der Waals surface area contributed by atoms with Gasteiger partial charge >= 0.3 is 6.03 Å². The van der Waals surface area contributed by atoms with Crippen molar-refractivity contribution in [2.75, 3.05) is 23.7 Å². The maximum atomic E-state index is 13.2. The summed E-state index contributed by atoms with van der Waals surface area (Å²) in [6.07, 6.45) is 3.31. The van der Waals surface area contributed by atoms with E-state index in [4.69, 9.17) is 0 Å². The second kappa shape index (κ2) is 10.2. The fourth-order valence-electron chi connectivity index (χ4n) is 5.30. The van der Waals surface area contributed by atoms with E-state index in [0.29, 0.717) is 11.6 Å². The van der Waals surface area contributed by atoms with Crippen LogP contribution in [0.2, 0.25) is 0 Å². The predicted octanol–water partition coefficient (Wildman–Crippen LogP) is 3.10. The lowest BCUT2D eigenvalue weighted by molar-refractivity contribution is -0.952. The molecule has 5 rings (SSSR count). The van der Waals surface area contributed by atoms with E-state index >= 15 is 0 Å². The summed E-state index contributed by atoms with van der Waals surface area (Å²) >= 11 is 0. The van der Waals surface area contributed by atoms with Crippen LogP contribution in [0, 0.1) is 17.6 Å². The first-order valence-corrected chi connectivity index (χ1v) is 11.5. The average Bonchev–Trinajstić information content (AvgIpc) is 3.17. The molecule has 3 aromatic rings. The van der Waals surface area contributed by atoms with Crippen LogP contribution in [0.25, 0.3) is 0 Å². The quantitative estimate of drug-likeness (QED) is 0.503. The van der Waals surface area contributed by atoms with E-state index in [-0.39, 0.29) is 34.6 Å². The molecular formula is C27H28BrF2N3O. The lowest BCUT2D eigenvalue weighted by Gasteiger charge is -2.40. The van der Waals surface area contributed by atoms with Gasteiger partial charge in [-0.25, -0.2) is 13.6 Å². The third-order valence-electron chi connectivity index (χ3n) is 7.08. The van der Waals surface area contributed by atoms with Crippen molar-refractivity contribution >= 4 is 17.4 Å². The van der Waals surface area contributed by atoms with Crippen molar-refractivity contribution < 1.29 is 35.0 Å². The Kier molecular flexibility index (Phi) is 7.33. The number of nitrogens with one attached hydrogen (secondary N) is 2. The van der Waals surface area contributed by atoms with E-state index in [1.807, 2.05) is 24.3 Å². The van der Waals surface area contributed by atoms with E-state index in [0.717, 1.165) is 55.6 Å². The first-order chi connectivity index (χ1) is 16.0. The highest BCUT2D eigenvalue weighted by Gasteiger charge is 2.40. The number of hydrogen-bond acceptors (Lipinski definition) is 1. The number of amides is 2. The van der Waals surface area contributed by atoms with Gasteiger partial charge in [0, 0.05) is 16.8 Å². The second-order valence-electron chi connectivity index (χ2n) is 9.41. The highest BCUT2D eigenvalue weighted by atomic mass is 79.9. The minimum atomic E-state index is -0.336. The number of carbonyl (C=O) groups is 1. The van der Waals surface area contributed by atoms with Gasteiger partial charge < -0.3 is 32.1 Å². The maximum absolute atomic E-state index is 13.2. The number of quaternary nitrogens is 1. The van der Waals surface area contributed by atoms with Gasteiger partial charge in [-0.3, -0.25) is 0 Å². The number of benzene rings is 3. The number of hydrogen-bond donors (Lipinski definition) is 2. The second-order valence-corrected chi connectivity index (χ2v) is 9.41. The summed E-state index contributed by atoms with van der Waals surface area (Å²) in [4.78, 5) is 12.5. The van der Waals surface area contributed by atoms with Crippen molar-refractivity contribution in [2.45, 2.75) is 32.4 Å². The maximum Gasteiger partial charge on any atom is 0.323 e. The molecule has 3 aromatic carbocycles. The SMILES string of the molecule is O=C(Nc1ccc(F)cc1)Nc1cccc2c1C[N+]1(CCC(Cc3ccc(F)cc3)CC1)C2.[Br-]. The van der Waals surface area contributed by atoms with Gasteiger partial charge in [0.2, 0.25) is 0 Å². The molecule has 1 spiro atoms. The highest BCUT2D eigenvalue weighted by molar-refractivity contribution is 6.00. The van der Waals surface area contributed by atoms with Gasteiger partial charge in [-0.05, 0) is 73.2 Å². The minimum Gasteiger partial charge on any atom is -1.00 e. The summed E-state index contributed by atoms with van der Waals surface area (Å²) in [5.74, 6) is 0.108. The van der Waals surface area contributed by atoms with Crippen molar-refractivity contribution in [1.82, 2.24) is 0 Å². The van der Waals surface area contributed by atoms with Crippen LogP contribution >= 0.6 is 0 Å². The summed E-state index contributed by atoms with van der Waals surface area (Å²) in [6.45, 7) is 4.14. The first kappa shape index (κ1) is 24.4. The van der Waals surface area contributed by atoms with E-state index in [9.17, 15) is 13.6 Å². The molecule has 1 fully saturated rings. The Bertz CT molecular complexity index is 1140. The molecule has 0 bridgehead atoms. The van der Waals surface area contributed by atoms with Gasteiger partial charge in [0.25, 0.3) is 0 Å². The van der Waals surface area contributed by atoms with Crippen LogP contribution in [0.1, 0.15) is 29.5 Å². The van der Waals surface area contributed by atoms with E-state index in [2.05, 4.69) is 16.7 Å². The Hall–Kier alpha value is -2.77. The third-order valence-corrected chi connectivity index (χ3v) is 7.08. The molecule has 1 saturated heterocycles. The smallest absolute Gasteiger partial charge is 0.323 e. The molecule has 4 nitrogen and oxygen atoms in total. The fourth-order valence-corrected chi connectivity index (χ4v) is 5.30. The molecule has 2 aliphatic rings. The monoisotopic (exact) mass is 527 g/mol. The molecule has 0 saturated carbocycles. The van der Waals surface area contributed by atoms with Crippen LogP contribution < -0.4 is 27.6 Å². The molecule has 7 heteroatoms. The molecule has 2 heterocycles. The van der Waals surface area contributed by atoms with Crippen LogP contribution in [-0.2, 0) is 19.5 Å². The van der Waals surface area contributed by atoms with Gasteiger partial charge in [0.1, 0.15) is 24.7 Å². The van der Waals surface area contributed by atoms with Crippen LogP contribution in [0.4, 0.5) is 25.0 Å². The summed E-state index contributed by atoms with van der Waals surface area (Å²) in [7, 11) is 0. The predicted molar refractivity (Wildman–Crippen MR) is 126 cm³/mol. The van der Waals surface area contributed by atoms with E-state index in [1.165, 1.54) is 28.8 Å². The van der Waals surface area contributed by atoms with E-state index < -0.39 is 0 Å². The van der Waals surface area contributed by atoms with Gasteiger partial charge in [0.15, 0.2) is 0 Å². The lowest BCUT2D eigenvalue weighted by atomic mass is 9.89. The number of nitrogens with zero attached hydrogens (tertiary/aromatic N) is 1. The molecule has 2 N–H and O–H groups in total. The molecule has 0 atom stereocenters. The normalized spacial score (nSPS) is 20.9. The Morgan fingerprint density at radius 3 is 2.18 bits per heavy atom. The lowest BCUT2D eigenvalue weighted by Crippen LogP contribution is -3.00. The number of halogens is 3. The Morgan fingerprint density at radius 2 is 1.50 bits per heavy atom. The zero-order valence-corrected chi connectivity index (χ0v) is 20.5. The number of fused-ring (bicyclic) bond motifs is 1. The van der Waals surface area contributed by atoms with Crippen LogP contribution in [0.3, 0.4) is 0 Å². The zero-order valence-electron chi connectivity index (χ0n) is 18.9. The van der Waals surface area contributed by atoms with Gasteiger partial charge in [-0.15, -0.1) is 0 Å².